The first-order valence-electron chi connectivity index (χ1n) is 11.4. The summed E-state index contributed by atoms with van der Waals surface area (Å²) in [7, 11) is 1.42. The van der Waals surface area contributed by atoms with Crippen LogP contribution in [0.5, 0.6) is 5.75 Å². The van der Waals surface area contributed by atoms with Crippen LogP contribution in [0.1, 0.15) is 74.7 Å². The average molecular weight is 469 g/mol. The molecule has 33 heavy (non-hydrogen) atoms. The number of aliphatic carboxylic acids is 1. The first kappa shape index (κ1) is 32.6. The Morgan fingerprint density at radius 3 is 1.76 bits per heavy atom. The Morgan fingerprint density at radius 1 is 0.909 bits per heavy atom. The highest BCUT2D eigenvalue weighted by Gasteiger charge is 2.25. The third kappa shape index (κ3) is 15.0. The second-order valence-electron chi connectivity index (χ2n) is 8.91. The lowest BCUT2D eigenvalue weighted by molar-refractivity contribution is -0.151. The Kier molecular flexibility index (Phi) is 16.8. The number of esters is 2. The lowest BCUT2D eigenvalue weighted by atomic mass is 9.91. The topological polar surface area (TPSA) is 99.1 Å². The van der Waals surface area contributed by atoms with Crippen molar-refractivity contribution >= 4 is 17.9 Å². The molecule has 1 atom stereocenters. The van der Waals surface area contributed by atoms with E-state index >= 15 is 0 Å². The van der Waals surface area contributed by atoms with Crippen molar-refractivity contribution in [1.29, 1.82) is 0 Å². The molecule has 0 spiro atoms. The molecule has 1 rings (SSSR count). The van der Waals surface area contributed by atoms with Gasteiger partial charge >= 0.3 is 17.9 Å². The molecule has 0 saturated heterocycles. The van der Waals surface area contributed by atoms with E-state index < -0.39 is 11.4 Å². The summed E-state index contributed by atoms with van der Waals surface area (Å²) < 4.78 is 15.0. The average Bonchev–Trinajstić information content (AvgIpc) is 2.81. The highest BCUT2D eigenvalue weighted by molar-refractivity contribution is 5.75. The van der Waals surface area contributed by atoms with Crippen LogP contribution in [0.3, 0.4) is 0 Å². The fraction of sp³-hybridized carbons (Fsp3) is 0.654. The Morgan fingerprint density at radius 2 is 1.42 bits per heavy atom. The molecule has 0 radical (unpaired) electrons. The van der Waals surface area contributed by atoms with Crippen LogP contribution in [0.15, 0.2) is 30.3 Å². The van der Waals surface area contributed by atoms with E-state index in [0.717, 1.165) is 18.6 Å². The molecule has 190 valence electrons. The van der Waals surface area contributed by atoms with Gasteiger partial charge in [-0.25, -0.2) is 0 Å². The fourth-order valence-corrected chi connectivity index (χ4v) is 1.70. The van der Waals surface area contributed by atoms with Crippen LogP contribution in [0.2, 0.25) is 0 Å². The fourth-order valence-electron chi connectivity index (χ4n) is 1.70. The highest BCUT2D eigenvalue weighted by atomic mass is 16.6. The third-order valence-electron chi connectivity index (χ3n) is 5.44. The van der Waals surface area contributed by atoms with Crippen LogP contribution >= 0.6 is 0 Å². The molecule has 1 aromatic carbocycles. The molecule has 7 nitrogen and oxygen atoms in total. The van der Waals surface area contributed by atoms with Gasteiger partial charge < -0.3 is 19.3 Å². The number of methoxy groups -OCH3 is 1. The van der Waals surface area contributed by atoms with Gasteiger partial charge in [0.05, 0.1) is 23.9 Å². The maximum atomic E-state index is 11.3. The molecule has 0 aromatic heterocycles. The lowest BCUT2D eigenvalue weighted by Gasteiger charge is -2.17. The van der Waals surface area contributed by atoms with Crippen molar-refractivity contribution in [3.63, 3.8) is 0 Å². The van der Waals surface area contributed by atoms with Gasteiger partial charge in [0, 0.05) is 0 Å². The number of carbonyl (C=O) groups is 3. The van der Waals surface area contributed by atoms with Crippen LogP contribution in [-0.4, -0.2) is 43.3 Å². The number of carbonyl (C=O) groups excluding carboxylic acids is 2. The van der Waals surface area contributed by atoms with E-state index in [1.165, 1.54) is 7.11 Å². The molecule has 0 heterocycles. The number of para-hydroxylation sites is 1. The summed E-state index contributed by atoms with van der Waals surface area (Å²) >= 11 is 0. The Hall–Kier alpha value is -2.57. The van der Waals surface area contributed by atoms with Gasteiger partial charge in [-0.05, 0) is 59.1 Å². The van der Waals surface area contributed by atoms with Crippen molar-refractivity contribution in [2.24, 2.45) is 16.7 Å². The van der Waals surface area contributed by atoms with Gasteiger partial charge in [0.25, 0.3) is 0 Å². The number of rotatable bonds is 10. The Labute approximate surface area is 199 Å². The van der Waals surface area contributed by atoms with Crippen molar-refractivity contribution in [2.75, 3.05) is 20.3 Å². The minimum atomic E-state index is -0.722. The SMILES string of the molecule is CCC(C)(C)C(=O)O.CCC(C)(C)C(=O)OC.CCC(C)C(=O)OCCOc1ccccc1. The van der Waals surface area contributed by atoms with Crippen LogP contribution in [0, 0.1) is 16.7 Å². The summed E-state index contributed by atoms with van der Waals surface area (Å²) in [5, 5.41) is 8.44. The lowest BCUT2D eigenvalue weighted by Crippen LogP contribution is -2.24. The van der Waals surface area contributed by atoms with Crippen LogP contribution in [-0.2, 0) is 23.9 Å². The van der Waals surface area contributed by atoms with Crippen molar-refractivity contribution in [1.82, 2.24) is 0 Å². The molecule has 1 unspecified atom stereocenters. The van der Waals surface area contributed by atoms with E-state index in [1.807, 2.05) is 71.9 Å². The number of hydrogen-bond donors (Lipinski definition) is 1. The minimum absolute atomic E-state index is 0.0308. The van der Waals surface area contributed by atoms with E-state index in [2.05, 4.69) is 4.74 Å². The molecule has 0 aliphatic rings. The van der Waals surface area contributed by atoms with Crippen molar-refractivity contribution in [3.05, 3.63) is 30.3 Å². The Bertz CT molecular complexity index is 681. The molecular formula is C26H44O7. The standard InChI is InChI=1S/C13H18O3.C7H14O2.C6H12O2/c1-3-11(2)13(14)16-10-9-15-12-7-5-4-6-8-12;1-5-7(2,3)6(8)9-4;1-4-6(2,3)5(7)8/h4-8,11H,3,9-10H2,1-2H3;5H2,1-4H3;4H2,1-3H3,(H,7,8). The van der Waals surface area contributed by atoms with Crippen LogP contribution in [0.25, 0.3) is 0 Å². The molecule has 7 heteroatoms. The molecule has 0 aliphatic carbocycles. The summed E-state index contributed by atoms with van der Waals surface area (Å²) in [5.74, 6) is -0.247. The summed E-state index contributed by atoms with van der Waals surface area (Å²) in [6, 6.07) is 9.48. The highest BCUT2D eigenvalue weighted by Crippen LogP contribution is 2.20. The molecular weight excluding hydrogens is 424 g/mol. The molecule has 1 N–H and O–H groups in total. The predicted octanol–water partition coefficient (Wildman–Crippen LogP) is 5.76. The quantitative estimate of drug-likeness (QED) is 0.344. The smallest absolute Gasteiger partial charge is 0.311 e. The Balaban J connectivity index is 0. The van der Waals surface area contributed by atoms with E-state index in [0.29, 0.717) is 19.6 Å². The molecule has 0 amide bonds. The van der Waals surface area contributed by atoms with Gasteiger partial charge in [-0.15, -0.1) is 0 Å². The van der Waals surface area contributed by atoms with E-state index in [9.17, 15) is 14.4 Å². The molecule has 0 aliphatic heterocycles. The van der Waals surface area contributed by atoms with Gasteiger partial charge in [-0.1, -0.05) is 45.9 Å². The van der Waals surface area contributed by atoms with E-state index in [-0.39, 0.29) is 23.3 Å². The van der Waals surface area contributed by atoms with Gasteiger partial charge in [0.15, 0.2) is 0 Å². The zero-order valence-corrected chi connectivity index (χ0v) is 21.9. The predicted molar refractivity (Wildman–Crippen MR) is 130 cm³/mol. The maximum absolute atomic E-state index is 11.3. The van der Waals surface area contributed by atoms with Crippen LogP contribution < -0.4 is 4.74 Å². The van der Waals surface area contributed by atoms with Crippen molar-refractivity contribution in [3.8, 4) is 5.75 Å². The number of ether oxygens (including phenoxy) is 3. The second kappa shape index (κ2) is 17.0. The largest absolute Gasteiger partial charge is 0.490 e. The van der Waals surface area contributed by atoms with Crippen molar-refractivity contribution < 1.29 is 33.7 Å². The normalized spacial score (nSPS) is 11.5. The zero-order chi connectivity index (χ0) is 26.1. The third-order valence-corrected chi connectivity index (χ3v) is 5.44. The first-order valence-corrected chi connectivity index (χ1v) is 11.4. The zero-order valence-electron chi connectivity index (χ0n) is 21.9. The summed E-state index contributed by atoms with van der Waals surface area (Å²) in [4.78, 5) is 32.4. The first-order chi connectivity index (χ1) is 15.3. The monoisotopic (exact) mass is 468 g/mol. The van der Waals surface area contributed by atoms with Gasteiger partial charge in [0.1, 0.15) is 19.0 Å². The molecule has 0 bridgehead atoms. The number of carboxylic acid groups (broad SMARTS) is 1. The van der Waals surface area contributed by atoms with Crippen LogP contribution in [0.4, 0.5) is 0 Å². The summed E-state index contributed by atoms with van der Waals surface area (Å²) in [6.07, 6.45) is 2.31. The van der Waals surface area contributed by atoms with Gasteiger partial charge in [-0.3, -0.25) is 14.4 Å². The minimum Gasteiger partial charge on any atom is -0.490 e. The van der Waals surface area contributed by atoms with Gasteiger partial charge in [-0.2, -0.15) is 0 Å². The number of carboxylic acids is 1. The molecule has 0 saturated carbocycles. The van der Waals surface area contributed by atoms with E-state index in [4.69, 9.17) is 14.6 Å². The van der Waals surface area contributed by atoms with Gasteiger partial charge in [0.2, 0.25) is 0 Å². The number of benzene rings is 1. The van der Waals surface area contributed by atoms with E-state index in [1.54, 1.807) is 13.8 Å². The van der Waals surface area contributed by atoms with Crippen molar-refractivity contribution in [2.45, 2.75) is 74.7 Å². The molecule has 1 aromatic rings. The summed E-state index contributed by atoms with van der Waals surface area (Å²) in [6.45, 7) is 15.5. The number of hydrogen-bond acceptors (Lipinski definition) is 6. The maximum Gasteiger partial charge on any atom is 0.311 e. The summed E-state index contributed by atoms with van der Waals surface area (Å²) in [5.41, 5.74) is -0.852. The molecule has 0 fully saturated rings. The second-order valence-corrected chi connectivity index (χ2v) is 8.91.